The van der Waals surface area contributed by atoms with E-state index in [1.54, 1.807) is 0 Å². The fourth-order valence-electron chi connectivity index (χ4n) is 1.24. The van der Waals surface area contributed by atoms with Gasteiger partial charge in [0.05, 0.1) is 0 Å². The fraction of sp³-hybridized carbons (Fsp3) is 1.00. The lowest BCUT2D eigenvalue weighted by molar-refractivity contribution is 0.246. The topological polar surface area (TPSA) is 29.3 Å². The highest BCUT2D eigenvalue weighted by Crippen LogP contribution is 2.06. The van der Waals surface area contributed by atoms with Gasteiger partial charge in [-0.15, -0.1) is 0 Å². The molecule has 2 nitrogen and oxygen atoms in total. The SMILES string of the molecule is CCN(C)C(CN)CCCSC. The van der Waals surface area contributed by atoms with E-state index in [4.69, 9.17) is 5.73 Å². The van der Waals surface area contributed by atoms with Gasteiger partial charge in [0.15, 0.2) is 0 Å². The van der Waals surface area contributed by atoms with Crippen molar-refractivity contribution >= 4 is 11.8 Å². The molecule has 0 aromatic carbocycles. The fourth-order valence-corrected chi connectivity index (χ4v) is 1.70. The van der Waals surface area contributed by atoms with Crippen LogP contribution >= 0.6 is 11.8 Å². The lowest BCUT2D eigenvalue weighted by Gasteiger charge is -2.25. The summed E-state index contributed by atoms with van der Waals surface area (Å²) in [5.74, 6) is 1.26. The summed E-state index contributed by atoms with van der Waals surface area (Å²) in [6.45, 7) is 4.07. The second-order valence-corrected chi connectivity index (χ2v) is 4.08. The zero-order valence-corrected chi connectivity index (χ0v) is 9.36. The Kier molecular flexibility index (Phi) is 8.07. The second-order valence-electron chi connectivity index (χ2n) is 3.10. The van der Waals surface area contributed by atoms with E-state index in [9.17, 15) is 0 Å². The van der Waals surface area contributed by atoms with Gasteiger partial charge in [-0.2, -0.15) is 11.8 Å². The van der Waals surface area contributed by atoms with E-state index >= 15 is 0 Å². The van der Waals surface area contributed by atoms with E-state index in [-0.39, 0.29) is 0 Å². The normalized spacial score (nSPS) is 13.8. The molecular formula is C9H22N2S. The molecule has 0 aromatic rings. The number of nitrogens with zero attached hydrogens (tertiary/aromatic N) is 1. The lowest BCUT2D eigenvalue weighted by Crippen LogP contribution is -2.37. The molecule has 0 aliphatic heterocycles. The van der Waals surface area contributed by atoms with Gasteiger partial charge < -0.3 is 10.6 Å². The first-order valence-corrected chi connectivity index (χ1v) is 6.04. The molecule has 0 amide bonds. The van der Waals surface area contributed by atoms with Gasteiger partial charge in [-0.05, 0) is 38.4 Å². The Labute approximate surface area is 80.9 Å². The Morgan fingerprint density at radius 3 is 2.58 bits per heavy atom. The molecule has 0 aromatic heterocycles. The van der Waals surface area contributed by atoms with Crippen molar-refractivity contribution in [3.05, 3.63) is 0 Å². The van der Waals surface area contributed by atoms with Crippen LogP contribution in [0.1, 0.15) is 19.8 Å². The molecule has 0 heterocycles. The number of rotatable bonds is 7. The van der Waals surface area contributed by atoms with Crippen molar-refractivity contribution in [2.24, 2.45) is 5.73 Å². The van der Waals surface area contributed by atoms with Crippen molar-refractivity contribution < 1.29 is 0 Å². The molecule has 74 valence electrons. The third-order valence-electron chi connectivity index (χ3n) is 2.28. The van der Waals surface area contributed by atoms with E-state index in [1.165, 1.54) is 18.6 Å². The van der Waals surface area contributed by atoms with Crippen molar-refractivity contribution in [3.8, 4) is 0 Å². The Hall–Kier alpha value is 0.270. The average Bonchev–Trinajstić information content (AvgIpc) is 2.11. The van der Waals surface area contributed by atoms with Crippen LogP contribution < -0.4 is 5.73 Å². The average molecular weight is 190 g/mol. The van der Waals surface area contributed by atoms with Crippen LogP contribution in [0.25, 0.3) is 0 Å². The highest BCUT2D eigenvalue weighted by molar-refractivity contribution is 7.98. The van der Waals surface area contributed by atoms with Gasteiger partial charge in [0, 0.05) is 12.6 Å². The molecular weight excluding hydrogens is 168 g/mol. The first-order valence-electron chi connectivity index (χ1n) is 4.65. The van der Waals surface area contributed by atoms with Crippen LogP contribution in [0.5, 0.6) is 0 Å². The van der Waals surface area contributed by atoms with Gasteiger partial charge >= 0.3 is 0 Å². The van der Waals surface area contributed by atoms with E-state index in [0.717, 1.165) is 13.1 Å². The van der Waals surface area contributed by atoms with Gasteiger partial charge in [-0.3, -0.25) is 0 Å². The molecule has 3 heteroatoms. The summed E-state index contributed by atoms with van der Waals surface area (Å²) < 4.78 is 0. The molecule has 0 bridgehead atoms. The van der Waals surface area contributed by atoms with Gasteiger partial charge in [-0.25, -0.2) is 0 Å². The maximum atomic E-state index is 5.68. The molecule has 0 saturated heterocycles. The van der Waals surface area contributed by atoms with Crippen LogP contribution in [0.3, 0.4) is 0 Å². The van der Waals surface area contributed by atoms with Gasteiger partial charge in [0.25, 0.3) is 0 Å². The zero-order chi connectivity index (χ0) is 9.40. The van der Waals surface area contributed by atoms with Gasteiger partial charge in [0.2, 0.25) is 0 Å². The van der Waals surface area contributed by atoms with E-state index in [0.29, 0.717) is 6.04 Å². The van der Waals surface area contributed by atoms with Crippen LogP contribution in [-0.4, -0.2) is 43.1 Å². The third kappa shape index (κ3) is 5.01. The Bertz CT molecular complexity index is 98.5. The minimum atomic E-state index is 0.585. The summed E-state index contributed by atoms with van der Waals surface area (Å²) in [5.41, 5.74) is 5.68. The van der Waals surface area contributed by atoms with Crippen molar-refractivity contribution in [1.82, 2.24) is 4.90 Å². The van der Waals surface area contributed by atoms with Gasteiger partial charge in [-0.1, -0.05) is 6.92 Å². The molecule has 2 N–H and O–H groups in total. The third-order valence-corrected chi connectivity index (χ3v) is 2.98. The molecule has 0 spiro atoms. The molecule has 0 aliphatic carbocycles. The quantitative estimate of drug-likeness (QED) is 0.616. The minimum absolute atomic E-state index is 0.585. The maximum Gasteiger partial charge on any atom is 0.0215 e. The zero-order valence-electron chi connectivity index (χ0n) is 8.55. The molecule has 0 fully saturated rings. The smallest absolute Gasteiger partial charge is 0.0215 e. The van der Waals surface area contributed by atoms with Crippen molar-refractivity contribution in [2.45, 2.75) is 25.8 Å². The number of thioether (sulfide) groups is 1. The first kappa shape index (κ1) is 12.3. The van der Waals surface area contributed by atoms with E-state index < -0.39 is 0 Å². The number of hydrogen-bond donors (Lipinski definition) is 1. The van der Waals surface area contributed by atoms with Crippen LogP contribution in [-0.2, 0) is 0 Å². The molecule has 0 aliphatic rings. The summed E-state index contributed by atoms with van der Waals surface area (Å²) in [5, 5.41) is 0. The number of hydrogen-bond acceptors (Lipinski definition) is 3. The summed E-state index contributed by atoms with van der Waals surface area (Å²) in [4.78, 5) is 2.33. The molecule has 0 saturated carbocycles. The monoisotopic (exact) mass is 190 g/mol. The van der Waals surface area contributed by atoms with Crippen LogP contribution in [0.15, 0.2) is 0 Å². The Morgan fingerprint density at radius 2 is 2.17 bits per heavy atom. The first-order chi connectivity index (χ1) is 5.76. The summed E-state index contributed by atoms with van der Waals surface area (Å²) in [6, 6.07) is 0.585. The molecule has 0 radical (unpaired) electrons. The number of nitrogens with two attached hydrogens (primary N) is 1. The highest BCUT2D eigenvalue weighted by Gasteiger charge is 2.09. The Balaban J connectivity index is 3.52. The van der Waals surface area contributed by atoms with Crippen LogP contribution in [0, 0.1) is 0 Å². The Morgan fingerprint density at radius 1 is 1.50 bits per heavy atom. The predicted octanol–water partition coefficient (Wildman–Crippen LogP) is 1.41. The molecule has 0 rings (SSSR count). The minimum Gasteiger partial charge on any atom is -0.329 e. The second kappa shape index (κ2) is 7.90. The van der Waals surface area contributed by atoms with Gasteiger partial charge in [0.1, 0.15) is 0 Å². The molecule has 1 atom stereocenters. The summed E-state index contributed by atoms with van der Waals surface area (Å²) >= 11 is 1.91. The van der Waals surface area contributed by atoms with E-state index in [2.05, 4.69) is 25.1 Å². The summed E-state index contributed by atoms with van der Waals surface area (Å²) in [7, 11) is 2.15. The van der Waals surface area contributed by atoms with Crippen LogP contribution in [0.2, 0.25) is 0 Å². The predicted molar refractivity (Wildman–Crippen MR) is 58.8 cm³/mol. The highest BCUT2D eigenvalue weighted by atomic mass is 32.2. The van der Waals surface area contributed by atoms with Crippen molar-refractivity contribution in [1.29, 1.82) is 0 Å². The van der Waals surface area contributed by atoms with Crippen LogP contribution in [0.4, 0.5) is 0 Å². The summed E-state index contributed by atoms with van der Waals surface area (Å²) in [6.07, 6.45) is 4.68. The lowest BCUT2D eigenvalue weighted by atomic mass is 10.1. The van der Waals surface area contributed by atoms with Crippen molar-refractivity contribution in [3.63, 3.8) is 0 Å². The van der Waals surface area contributed by atoms with E-state index in [1.807, 2.05) is 11.8 Å². The standard InChI is InChI=1S/C9H22N2S/c1-4-11(2)9(8-10)6-5-7-12-3/h9H,4-8,10H2,1-3H3. The maximum absolute atomic E-state index is 5.68. The van der Waals surface area contributed by atoms with Crippen molar-refractivity contribution in [2.75, 3.05) is 32.1 Å². The molecule has 1 unspecified atom stereocenters. The molecule has 12 heavy (non-hydrogen) atoms. The number of likely N-dealkylation sites (N-methyl/N-ethyl adjacent to an activating group) is 1. The largest absolute Gasteiger partial charge is 0.329 e.